The number of nitrogens with zero attached hydrogens (tertiary/aromatic N) is 3. The number of likely N-dealkylation sites (tertiary alicyclic amines) is 2. The first-order valence-electron chi connectivity index (χ1n) is 10.8. The Hall–Kier alpha value is -2.86. The van der Waals surface area contributed by atoms with Crippen molar-refractivity contribution in [2.75, 3.05) is 26.2 Å². The zero-order valence-electron chi connectivity index (χ0n) is 17.4. The van der Waals surface area contributed by atoms with Crippen molar-refractivity contribution in [1.29, 1.82) is 0 Å². The van der Waals surface area contributed by atoms with Crippen molar-refractivity contribution in [3.8, 4) is 0 Å². The average molecular weight is 421 g/mol. The minimum absolute atomic E-state index is 0.0351. The molecule has 0 unspecified atom stereocenters. The number of piperidine rings is 1. The molecule has 4 nitrogen and oxygen atoms in total. The number of halogens is 2. The monoisotopic (exact) mass is 421 g/mol. The molecule has 5 rings (SSSR count). The van der Waals surface area contributed by atoms with E-state index < -0.39 is 11.6 Å². The van der Waals surface area contributed by atoms with Gasteiger partial charge in [-0.05, 0) is 55.6 Å². The van der Waals surface area contributed by atoms with E-state index in [1.54, 1.807) is 12.3 Å². The number of benzene rings is 2. The molecule has 2 aliphatic rings. The number of carbonyl (C=O) groups is 1. The summed E-state index contributed by atoms with van der Waals surface area (Å²) in [5.74, 6) is -1.58. The molecule has 0 radical (unpaired) electrons. The first kappa shape index (κ1) is 20.1. The van der Waals surface area contributed by atoms with Gasteiger partial charge >= 0.3 is 0 Å². The number of hydrogen-bond donors (Lipinski definition) is 0. The topological polar surface area (TPSA) is 36.4 Å². The fourth-order valence-electron chi connectivity index (χ4n) is 5.15. The van der Waals surface area contributed by atoms with E-state index in [4.69, 9.17) is 0 Å². The fourth-order valence-corrected chi connectivity index (χ4v) is 5.15. The lowest BCUT2D eigenvalue weighted by atomic mass is 9.79. The Labute approximate surface area is 180 Å². The van der Waals surface area contributed by atoms with E-state index >= 15 is 0 Å². The molecule has 6 heteroatoms. The fraction of sp³-hybridized carbons (Fsp3) is 0.360. The van der Waals surface area contributed by atoms with E-state index in [1.165, 1.54) is 12.1 Å². The van der Waals surface area contributed by atoms with Gasteiger partial charge in [0.15, 0.2) is 11.6 Å². The highest BCUT2D eigenvalue weighted by Gasteiger charge is 2.42. The molecular weight excluding hydrogens is 396 g/mol. The minimum atomic E-state index is -0.813. The van der Waals surface area contributed by atoms with Gasteiger partial charge in [-0.3, -0.25) is 14.7 Å². The molecule has 3 aromatic rings. The maximum atomic E-state index is 13.6. The Morgan fingerprint density at radius 2 is 1.87 bits per heavy atom. The second-order valence-corrected chi connectivity index (χ2v) is 8.96. The summed E-state index contributed by atoms with van der Waals surface area (Å²) in [4.78, 5) is 21.8. The number of pyridine rings is 1. The van der Waals surface area contributed by atoms with Crippen LogP contribution in [0.3, 0.4) is 0 Å². The smallest absolute Gasteiger partial charge is 0.255 e. The molecule has 2 aromatic carbocycles. The number of aromatic nitrogens is 1. The van der Waals surface area contributed by atoms with Gasteiger partial charge in [0.2, 0.25) is 0 Å². The van der Waals surface area contributed by atoms with E-state index in [9.17, 15) is 13.6 Å². The van der Waals surface area contributed by atoms with Gasteiger partial charge in [0.25, 0.3) is 5.91 Å². The van der Waals surface area contributed by atoms with Crippen LogP contribution in [-0.2, 0) is 6.54 Å². The molecule has 2 fully saturated rings. The van der Waals surface area contributed by atoms with Gasteiger partial charge < -0.3 is 4.90 Å². The zero-order valence-corrected chi connectivity index (χ0v) is 17.4. The second-order valence-electron chi connectivity index (χ2n) is 8.96. The van der Waals surface area contributed by atoms with Crippen LogP contribution in [0.5, 0.6) is 0 Å². The van der Waals surface area contributed by atoms with Gasteiger partial charge in [-0.1, -0.05) is 24.3 Å². The summed E-state index contributed by atoms with van der Waals surface area (Å²) in [5.41, 5.74) is 2.36. The number of amides is 1. The molecule has 31 heavy (non-hydrogen) atoms. The average Bonchev–Trinajstić information content (AvgIpc) is 3.18. The first-order valence-corrected chi connectivity index (χ1v) is 10.8. The highest BCUT2D eigenvalue weighted by Crippen LogP contribution is 2.40. The quantitative estimate of drug-likeness (QED) is 0.618. The van der Waals surface area contributed by atoms with Crippen molar-refractivity contribution in [3.63, 3.8) is 0 Å². The Kier molecular flexibility index (Phi) is 5.18. The highest BCUT2D eigenvalue weighted by atomic mass is 19.2. The summed E-state index contributed by atoms with van der Waals surface area (Å²) in [6, 6.07) is 13.9. The molecule has 0 bridgehead atoms. The summed E-state index contributed by atoms with van der Waals surface area (Å²) < 4.78 is 26.8. The minimum Gasteiger partial charge on any atom is -0.338 e. The third-order valence-corrected chi connectivity index (χ3v) is 6.69. The molecule has 0 saturated carbocycles. The van der Waals surface area contributed by atoms with Gasteiger partial charge in [0.05, 0.1) is 11.1 Å². The molecule has 1 aromatic heterocycles. The second kappa shape index (κ2) is 8.00. The largest absolute Gasteiger partial charge is 0.338 e. The van der Waals surface area contributed by atoms with Crippen molar-refractivity contribution in [1.82, 2.24) is 14.8 Å². The van der Waals surface area contributed by atoms with E-state index in [0.29, 0.717) is 12.1 Å². The normalized spacial score (nSPS) is 21.8. The molecule has 0 N–H and O–H groups in total. The molecular formula is C25H25F2N3O. The van der Waals surface area contributed by atoms with Crippen LogP contribution >= 0.6 is 0 Å². The highest BCUT2D eigenvalue weighted by molar-refractivity contribution is 5.97. The predicted molar refractivity (Wildman–Crippen MR) is 116 cm³/mol. The SMILES string of the molecule is O=C(c1cnc2ccccc2c1)N1CC[C@]2(CCCN(Cc3ccc(F)c(F)c3)C2)C1. The van der Waals surface area contributed by atoms with Gasteiger partial charge in [-0.15, -0.1) is 0 Å². The number of carbonyl (C=O) groups excluding carboxylic acids is 1. The predicted octanol–water partition coefficient (Wildman–Crippen LogP) is 4.64. The van der Waals surface area contributed by atoms with Crippen LogP contribution in [0.2, 0.25) is 0 Å². The summed E-state index contributed by atoms with van der Waals surface area (Å²) in [7, 11) is 0. The van der Waals surface area contributed by atoms with Crippen LogP contribution in [0.1, 0.15) is 35.2 Å². The van der Waals surface area contributed by atoms with Gasteiger partial charge in [0, 0.05) is 43.2 Å². The molecule has 2 saturated heterocycles. The lowest BCUT2D eigenvalue weighted by molar-refractivity contribution is 0.0675. The van der Waals surface area contributed by atoms with Crippen LogP contribution in [0, 0.1) is 17.0 Å². The number of fused-ring (bicyclic) bond motifs is 1. The van der Waals surface area contributed by atoms with Crippen LogP contribution in [0.15, 0.2) is 54.7 Å². The van der Waals surface area contributed by atoms with Crippen LogP contribution in [0.4, 0.5) is 8.78 Å². The third kappa shape index (κ3) is 4.04. The summed E-state index contributed by atoms with van der Waals surface area (Å²) in [6.45, 7) is 3.87. The maximum Gasteiger partial charge on any atom is 0.255 e. The Morgan fingerprint density at radius 1 is 1.00 bits per heavy atom. The molecule has 160 valence electrons. The van der Waals surface area contributed by atoms with Gasteiger partial charge in [0.1, 0.15) is 0 Å². The van der Waals surface area contributed by atoms with Crippen molar-refractivity contribution in [2.24, 2.45) is 5.41 Å². The lowest BCUT2D eigenvalue weighted by Crippen LogP contribution is -2.45. The van der Waals surface area contributed by atoms with E-state index in [2.05, 4.69) is 9.88 Å². The summed E-state index contributed by atoms with van der Waals surface area (Å²) >= 11 is 0. The molecule has 1 spiro atoms. The van der Waals surface area contributed by atoms with Crippen LogP contribution in [-0.4, -0.2) is 46.9 Å². The standard InChI is InChI=1S/C25H25F2N3O/c26-21-7-6-18(12-22(21)27)15-29-10-3-8-25(16-29)9-11-30(17-25)24(31)20-13-19-4-1-2-5-23(19)28-14-20/h1-2,4-7,12-14H,3,8-11,15-17H2/t25-/m0/s1. The molecule has 1 amide bonds. The Morgan fingerprint density at radius 3 is 2.74 bits per heavy atom. The number of hydrogen-bond acceptors (Lipinski definition) is 3. The van der Waals surface area contributed by atoms with Crippen LogP contribution < -0.4 is 0 Å². The molecule has 3 heterocycles. The van der Waals surface area contributed by atoms with Gasteiger partial charge in [-0.25, -0.2) is 8.78 Å². The van der Waals surface area contributed by atoms with Gasteiger partial charge in [-0.2, -0.15) is 0 Å². The molecule has 2 aliphatic heterocycles. The van der Waals surface area contributed by atoms with Crippen molar-refractivity contribution in [3.05, 3.63) is 77.5 Å². The van der Waals surface area contributed by atoms with Crippen molar-refractivity contribution >= 4 is 16.8 Å². The van der Waals surface area contributed by atoms with Crippen LogP contribution in [0.25, 0.3) is 10.9 Å². The molecule has 1 atom stereocenters. The lowest BCUT2D eigenvalue weighted by Gasteiger charge is -2.40. The van der Waals surface area contributed by atoms with E-state index in [1.807, 2.05) is 35.2 Å². The summed E-state index contributed by atoms with van der Waals surface area (Å²) in [6.07, 6.45) is 4.77. The van der Waals surface area contributed by atoms with Crippen molar-refractivity contribution in [2.45, 2.75) is 25.8 Å². The van der Waals surface area contributed by atoms with E-state index in [-0.39, 0.29) is 11.3 Å². The third-order valence-electron chi connectivity index (χ3n) is 6.69. The summed E-state index contributed by atoms with van der Waals surface area (Å²) in [5, 5.41) is 0.970. The first-order chi connectivity index (χ1) is 15.0. The van der Waals surface area contributed by atoms with Crippen molar-refractivity contribution < 1.29 is 13.6 Å². The number of rotatable bonds is 3. The Bertz CT molecular complexity index is 1130. The molecule has 0 aliphatic carbocycles. The maximum absolute atomic E-state index is 13.6. The van der Waals surface area contributed by atoms with E-state index in [0.717, 1.165) is 61.9 Å². The zero-order chi connectivity index (χ0) is 21.4. The number of para-hydroxylation sites is 1. The Balaban J connectivity index is 1.27.